The van der Waals surface area contributed by atoms with Crippen molar-refractivity contribution in [1.29, 1.82) is 5.26 Å². The fourth-order valence-electron chi connectivity index (χ4n) is 2.90. The quantitative estimate of drug-likeness (QED) is 0.494. The molecule has 0 radical (unpaired) electrons. The highest BCUT2D eigenvalue weighted by Gasteiger charge is 2.15. The van der Waals surface area contributed by atoms with E-state index in [0.29, 0.717) is 11.4 Å². The zero-order valence-electron chi connectivity index (χ0n) is 16.2. The zero-order chi connectivity index (χ0) is 21.0. The number of carbonyl (C=O) groups excluding carboxylic acids is 2. The van der Waals surface area contributed by atoms with Gasteiger partial charge in [0.25, 0.3) is 5.91 Å². The molecule has 8 heteroatoms. The van der Waals surface area contributed by atoms with Gasteiger partial charge in [-0.15, -0.1) is 11.3 Å². The Labute approximate surface area is 172 Å². The van der Waals surface area contributed by atoms with Gasteiger partial charge >= 0.3 is 0 Å². The van der Waals surface area contributed by atoms with Crippen LogP contribution in [0.1, 0.15) is 23.9 Å². The first kappa shape index (κ1) is 20.0. The molecule has 2 heterocycles. The van der Waals surface area contributed by atoms with Crippen molar-refractivity contribution in [2.24, 2.45) is 0 Å². The van der Waals surface area contributed by atoms with E-state index in [1.807, 2.05) is 35.9 Å². The van der Waals surface area contributed by atoms with Gasteiger partial charge in [0.1, 0.15) is 11.6 Å². The molecule has 146 valence electrons. The van der Waals surface area contributed by atoms with Gasteiger partial charge in [-0.25, -0.2) is 4.98 Å². The minimum absolute atomic E-state index is 0.00433. The molecule has 0 aliphatic heterocycles. The lowest BCUT2D eigenvalue weighted by atomic mass is 10.1. The van der Waals surface area contributed by atoms with Gasteiger partial charge in [0.2, 0.25) is 5.91 Å². The summed E-state index contributed by atoms with van der Waals surface area (Å²) < 4.78 is 1.99. The zero-order valence-corrected chi connectivity index (χ0v) is 17.0. The molecule has 2 N–H and O–H groups in total. The van der Waals surface area contributed by atoms with E-state index in [1.165, 1.54) is 18.3 Å². The second kappa shape index (κ2) is 8.54. The molecular weight excluding hydrogens is 386 g/mol. The molecule has 7 nitrogen and oxygen atoms in total. The summed E-state index contributed by atoms with van der Waals surface area (Å²) in [5, 5.41) is 17.6. The van der Waals surface area contributed by atoms with Gasteiger partial charge in [-0.1, -0.05) is 0 Å². The van der Waals surface area contributed by atoms with Crippen LogP contribution < -0.4 is 10.6 Å². The van der Waals surface area contributed by atoms with Crippen LogP contribution in [-0.4, -0.2) is 21.4 Å². The molecule has 3 aromatic rings. The van der Waals surface area contributed by atoms with Crippen LogP contribution in [0.15, 0.2) is 47.5 Å². The molecule has 3 rings (SSSR count). The van der Waals surface area contributed by atoms with E-state index in [9.17, 15) is 14.9 Å². The Morgan fingerprint density at radius 1 is 1.17 bits per heavy atom. The summed E-state index contributed by atoms with van der Waals surface area (Å²) in [6.45, 7) is 5.30. The first-order valence-electron chi connectivity index (χ1n) is 8.78. The molecule has 1 aromatic carbocycles. The molecule has 2 amide bonds. The summed E-state index contributed by atoms with van der Waals surface area (Å²) in [7, 11) is 0. The molecule has 0 aliphatic rings. The fraction of sp³-hybridized carbons (Fsp3) is 0.143. The van der Waals surface area contributed by atoms with Gasteiger partial charge < -0.3 is 10.6 Å². The van der Waals surface area contributed by atoms with Crippen LogP contribution in [0, 0.1) is 25.2 Å². The average molecular weight is 405 g/mol. The van der Waals surface area contributed by atoms with Crippen molar-refractivity contribution in [3.8, 4) is 11.2 Å². The SMILES string of the molecule is CC(=O)Nc1ccc(NC(=O)/C(C#N)=C/c2cc(C)n(-c3nccs3)c2C)cc1. The number of nitrogens with one attached hydrogen (secondary N) is 2. The Morgan fingerprint density at radius 3 is 2.38 bits per heavy atom. The summed E-state index contributed by atoms with van der Waals surface area (Å²) in [6.07, 6.45) is 3.31. The van der Waals surface area contributed by atoms with E-state index in [4.69, 9.17) is 0 Å². The van der Waals surface area contributed by atoms with Crippen LogP contribution in [0.3, 0.4) is 0 Å². The molecule has 0 saturated heterocycles. The number of aryl methyl sites for hydroxylation is 1. The van der Waals surface area contributed by atoms with Crippen molar-refractivity contribution in [3.63, 3.8) is 0 Å². The van der Waals surface area contributed by atoms with Gasteiger partial charge in [0.05, 0.1) is 0 Å². The summed E-state index contributed by atoms with van der Waals surface area (Å²) in [6, 6.07) is 10.6. The number of hydrogen-bond donors (Lipinski definition) is 2. The number of nitrogens with zero attached hydrogens (tertiary/aromatic N) is 3. The van der Waals surface area contributed by atoms with Crippen LogP contribution >= 0.6 is 11.3 Å². The minimum atomic E-state index is -0.501. The van der Waals surface area contributed by atoms with Crippen LogP contribution in [0.25, 0.3) is 11.2 Å². The molecular formula is C21H19N5O2S. The van der Waals surface area contributed by atoms with Crippen molar-refractivity contribution in [2.75, 3.05) is 10.6 Å². The highest BCUT2D eigenvalue weighted by Crippen LogP contribution is 2.24. The maximum Gasteiger partial charge on any atom is 0.266 e. The lowest BCUT2D eigenvalue weighted by Crippen LogP contribution is -2.13. The van der Waals surface area contributed by atoms with Crippen molar-refractivity contribution >= 4 is 40.6 Å². The molecule has 0 spiro atoms. The Morgan fingerprint density at radius 2 is 1.83 bits per heavy atom. The molecule has 2 aromatic heterocycles. The van der Waals surface area contributed by atoms with Gasteiger partial charge in [-0.2, -0.15) is 5.26 Å². The topological polar surface area (TPSA) is 99.8 Å². The number of nitriles is 1. The normalized spacial score (nSPS) is 11.0. The smallest absolute Gasteiger partial charge is 0.266 e. The third kappa shape index (κ3) is 4.59. The monoisotopic (exact) mass is 405 g/mol. The Bertz CT molecular complexity index is 1120. The van der Waals surface area contributed by atoms with Crippen molar-refractivity contribution in [3.05, 3.63) is 64.4 Å². The van der Waals surface area contributed by atoms with Crippen LogP contribution in [0.2, 0.25) is 0 Å². The van der Waals surface area contributed by atoms with E-state index >= 15 is 0 Å². The maximum absolute atomic E-state index is 12.6. The van der Waals surface area contributed by atoms with Crippen LogP contribution in [-0.2, 0) is 9.59 Å². The standard InChI is InChI=1S/C21H19N5O2S/c1-13-10-16(14(2)26(13)21-23-8-9-29-21)11-17(12-22)20(28)25-19-6-4-18(5-7-19)24-15(3)27/h4-11H,1-3H3,(H,24,27)(H,25,28)/b17-11+. The molecule has 0 atom stereocenters. The second-order valence-corrected chi connectivity index (χ2v) is 7.23. The van der Waals surface area contributed by atoms with E-state index < -0.39 is 5.91 Å². The Balaban J connectivity index is 1.82. The lowest BCUT2D eigenvalue weighted by molar-refractivity contribution is -0.114. The number of thiazole rings is 1. The largest absolute Gasteiger partial charge is 0.326 e. The molecule has 0 saturated carbocycles. The summed E-state index contributed by atoms with van der Waals surface area (Å²) in [5.41, 5.74) is 3.80. The number of rotatable bonds is 5. The first-order chi connectivity index (χ1) is 13.9. The van der Waals surface area contributed by atoms with E-state index in [-0.39, 0.29) is 11.5 Å². The van der Waals surface area contributed by atoms with Crippen LogP contribution in [0.5, 0.6) is 0 Å². The molecule has 0 unspecified atom stereocenters. The maximum atomic E-state index is 12.6. The number of amides is 2. The third-order valence-corrected chi connectivity index (χ3v) is 4.97. The number of aromatic nitrogens is 2. The van der Waals surface area contributed by atoms with Crippen molar-refractivity contribution in [1.82, 2.24) is 9.55 Å². The minimum Gasteiger partial charge on any atom is -0.326 e. The highest BCUT2D eigenvalue weighted by molar-refractivity contribution is 7.12. The van der Waals surface area contributed by atoms with Crippen LogP contribution in [0.4, 0.5) is 11.4 Å². The second-order valence-electron chi connectivity index (χ2n) is 6.36. The van der Waals surface area contributed by atoms with Crippen molar-refractivity contribution < 1.29 is 9.59 Å². The fourth-order valence-corrected chi connectivity index (χ4v) is 3.65. The average Bonchev–Trinajstić information content (AvgIpc) is 3.28. The van der Waals surface area contributed by atoms with Gasteiger partial charge in [0.15, 0.2) is 5.13 Å². The van der Waals surface area contributed by atoms with Gasteiger partial charge in [0, 0.05) is 41.3 Å². The van der Waals surface area contributed by atoms with E-state index in [1.54, 1.807) is 36.5 Å². The lowest BCUT2D eigenvalue weighted by Gasteiger charge is -2.07. The van der Waals surface area contributed by atoms with Gasteiger partial charge in [-0.05, 0) is 55.8 Å². The number of anilines is 2. The highest BCUT2D eigenvalue weighted by atomic mass is 32.1. The first-order valence-corrected chi connectivity index (χ1v) is 9.66. The Hall–Kier alpha value is -3.70. The Kier molecular flexibility index (Phi) is 5.90. The number of benzene rings is 1. The summed E-state index contributed by atoms with van der Waals surface area (Å²) in [4.78, 5) is 28.0. The summed E-state index contributed by atoms with van der Waals surface area (Å²) >= 11 is 1.52. The number of carbonyl (C=O) groups is 2. The predicted molar refractivity (Wildman–Crippen MR) is 114 cm³/mol. The molecule has 29 heavy (non-hydrogen) atoms. The predicted octanol–water partition coefficient (Wildman–Crippen LogP) is 4.05. The number of hydrogen-bond acceptors (Lipinski definition) is 5. The van der Waals surface area contributed by atoms with E-state index in [2.05, 4.69) is 15.6 Å². The van der Waals surface area contributed by atoms with Crippen molar-refractivity contribution in [2.45, 2.75) is 20.8 Å². The molecule has 0 fully saturated rings. The molecule has 0 bridgehead atoms. The molecule has 0 aliphatic carbocycles. The summed E-state index contributed by atoms with van der Waals surface area (Å²) in [5.74, 6) is -0.675. The third-order valence-electron chi connectivity index (χ3n) is 4.21. The van der Waals surface area contributed by atoms with Gasteiger partial charge in [-0.3, -0.25) is 14.2 Å². The van der Waals surface area contributed by atoms with E-state index in [0.717, 1.165) is 22.1 Å².